The van der Waals surface area contributed by atoms with E-state index in [1.54, 1.807) is 0 Å². The molecule has 2 aromatic carbocycles. The van der Waals surface area contributed by atoms with Crippen LogP contribution in [0.1, 0.15) is 55.4 Å². The summed E-state index contributed by atoms with van der Waals surface area (Å²) in [6, 6.07) is 17.7. The van der Waals surface area contributed by atoms with Gasteiger partial charge in [0.05, 0.1) is 0 Å². The van der Waals surface area contributed by atoms with E-state index < -0.39 is 0 Å². The molecule has 2 aromatic rings. The summed E-state index contributed by atoms with van der Waals surface area (Å²) in [4.78, 5) is 4.70. The average molecular weight is 293 g/mol. The molecule has 0 fully saturated rings. The zero-order valence-corrected chi connectivity index (χ0v) is 14.3. The smallest absolute Gasteiger partial charge is 0.0423 e. The van der Waals surface area contributed by atoms with Crippen molar-refractivity contribution in [2.24, 2.45) is 4.99 Å². The summed E-state index contributed by atoms with van der Waals surface area (Å²) in [5.74, 6) is 0.596. The van der Waals surface area contributed by atoms with Gasteiger partial charge in [0.2, 0.25) is 0 Å². The van der Waals surface area contributed by atoms with E-state index in [2.05, 4.69) is 76.2 Å². The number of benzene rings is 2. The SMILES string of the molecule is CCN=C(CCc1ccc(C(C)C)cc1)c1ccc(C)cc1. The Morgan fingerprint density at radius 3 is 2.14 bits per heavy atom. The van der Waals surface area contributed by atoms with Gasteiger partial charge in [-0.2, -0.15) is 0 Å². The molecule has 0 N–H and O–H groups in total. The molecule has 0 aliphatic carbocycles. The van der Waals surface area contributed by atoms with Gasteiger partial charge in [0, 0.05) is 12.3 Å². The first-order valence-corrected chi connectivity index (χ1v) is 8.29. The Morgan fingerprint density at radius 2 is 1.59 bits per heavy atom. The predicted octanol–water partition coefficient (Wildman–Crippen LogP) is 5.56. The van der Waals surface area contributed by atoms with Crippen LogP contribution in [0.15, 0.2) is 53.5 Å². The summed E-state index contributed by atoms with van der Waals surface area (Å²) in [5.41, 5.74) is 6.57. The maximum Gasteiger partial charge on any atom is 0.0423 e. The summed E-state index contributed by atoms with van der Waals surface area (Å²) in [6.07, 6.45) is 2.04. The molecule has 0 atom stereocenters. The normalized spacial score (nSPS) is 12.0. The first kappa shape index (κ1) is 16.5. The van der Waals surface area contributed by atoms with E-state index in [0.717, 1.165) is 19.4 Å². The molecule has 1 heteroatoms. The molecule has 0 amide bonds. The van der Waals surface area contributed by atoms with Crippen LogP contribution in [-0.2, 0) is 6.42 Å². The second-order valence-corrected chi connectivity index (χ2v) is 6.18. The van der Waals surface area contributed by atoms with Crippen LogP contribution in [0.25, 0.3) is 0 Å². The molecule has 0 saturated heterocycles. The van der Waals surface area contributed by atoms with Crippen LogP contribution in [0.3, 0.4) is 0 Å². The van der Waals surface area contributed by atoms with Gasteiger partial charge in [-0.15, -0.1) is 0 Å². The molecule has 0 spiro atoms. The van der Waals surface area contributed by atoms with Crippen molar-refractivity contribution in [2.45, 2.75) is 46.5 Å². The summed E-state index contributed by atoms with van der Waals surface area (Å²) < 4.78 is 0. The Hall–Kier alpha value is -1.89. The first-order chi connectivity index (χ1) is 10.6. The van der Waals surface area contributed by atoms with Gasteiger partial charge < -0.3 is 0 Å². The molecule has 0 radical (unpaired) electrons. The highest BCUT2D eigenvalue weighted by Gasteiger charge is 2.05. The molecule has 2 rings (SSSR count). The van der Waals surface area contributed by atoms with Crippen LogP contribution < -0.4 is 0 Å². The molecule has 0 aliphatic rings. The number of aliphatic imine (C=N–C) groups is 1. The van der Waals surface area contributed by atoms with Crippen molar-refractivity contribution in [3.63, 3.8) is 0 Å². The van der Waals surface area contributed by atoms with Crippen LogP contribution in [0.5, 0.6) is 0 Å². The molecule has 0 bridgehead atoms. The molecule has 0 heterocycles. The predicted molar refractivity (Wildman–Crippen MR) is 97.1 cm³/mol. The molecule has 1 nitrogen and oxygen atoms in total. The minimum atomic E-state index is 0.596. The lowest BCUT2D eigenvalue weighted by molar-refractivity contribution is 0.864. The van der Waals surface area contributed by atoms with Crippen molar-refractivity contribution in [3.8, 4) is 0 Å². The molecule has 0 saturated carbocycles. The van der Waals surface area contributed by atoms with Crippen molar-refractivity contribution in [2.75, 3.05) is 6.54 Å². The number of hydrogen-bond donors (Lipinski definition) is 0. The van der Waals surface area contributed by atoms with E-state index in [9.17, 15) is 0 Å². The van der Waals surface area contributed by atoms with E-state index in [0.29, 0.717) is 5.92 Å². The summed E-state index contributed by atoms with van der Waals surface area (Å²) in [6.45, 7) is 9.54. The zero-order valence-electron chi connectivity index (χ0n) is 14.3. The molecule has 116 valence electrons. The van der Waals surface area contributed by atoms with Crippen molar-refractivity contribution in [1.82, 2.24) is 0 Å². The molecule has 0 aliphatic heterocycles. The number of rotatable bonds is 6. The minimum Gasteiger partial charge on any atom is -0.289 e. The fourth-order valence-corrected chi connectivity index (χ4v) is 2.58. The van der Waals surface area contributed by atoms with E-state index in [-0.39, 0.29) is 0 Å². The highest BCUT2D eigenvalue weighted by molar-refractivity contribution is 6.00. The highest BCUT2D eigenvalue weighted by atomic mass is 14.7. The Balaban J connectivity index is 2.06. The topological polar surface area (TPSA) is 12.4 Å². The second-order valence-electron chi connectivity index (χ2n) is 6.18. The van der Waals surface area contributed by atoms with Crippen molar-refractivity contribution < 1.29 is 0 Å². The van der Waals surface area contributed by atoms with Gasteiger partial charge in [0.1, 0.15) is 0 Å². The van der Waals surface area contributed by atoms with Crippen LogP contribution in [0, 0.1) is 6.92 Å². The van der Waals surface area contributed by atoms with Gasteiger partial charge in [-0.25, -0.2) is 0 Å². The van der Waals surface area contributed by atoms with Gasteiger partial charge in [0.25, 0.3) is 0 Å². The highest BCUT2D eigenvalue weighted by Crippen LogP contribution is 2.16. The maximum atomic E-state index is 4.70. The standard InChI is InChI=1S/C21H27N/c1-5-22-21(20-11-6-17(4)7-12-20)15-10-18-8-13-19(14-9-18)16(2)3/h6-9,11-14,16H,5,10,15H2,1-4H3. The fraction of sp³-hybridized carbons (Fsp3) is 0.381. The van der Waals surface area contributed by atoms with Crippen molar-refractivity contribution in [1.29, 1.82) is 0 Å². The molecular formula is C21H27N. The number of aryl methyl sites for hydroxylation is 2. The fourth-order valence-electron chi connectivity index (χ4n) is 2.58. The van der Waals surface area contributed by atoms with Gasteiger partial charge in [-0.05, 0) is 49.3 Å². The monoisotopic (exact) mass is 293 g/mol. The van der Waals surface area contributed by atoms with Crippen LogP contribution in [0.4, 0.5) is 0 Å². The second kappa shape index (κ2) is 7.93. The van der Waals surface area contributed by atoms with E-state index in [1.807, 2.05) is 0 Å². The van der Waals surface area contributed by atoms with E-state index in [1.165, 1.54) is 28.0 Å². The Labute approximate surface area is 135 Å². The summed E-state index contributed by atoms with van der Waals surface area (Å²) >= 11 is 0. The average Bonchev–Trinajstić information content (AvgIpc) is 2.53. The first-order valence-electron chi connectivity index (χ1n) is 8.29. The lowest BCUT2D eigenvalue weighted by atomic mass is 9.98. The largest absolute Gasteiger partial charge is 0.289 e. The van der Waals surface area contributed by atoms with Crippen LogP contribution in [0.2, 0.25) is 0 Å². The zero-order chi connectivity index (χ0) is 15.9. The molecule has 0 aromatic heterocycles. The van der Waals surface area contributed by atoms with Gasteiger partial charge in [-0.1, -0.05) is 67.9 Å². The van der Waals surface area contributed by atoms with Crippen LogP contribution in [-0.4, -0.2) is 12.3 Å². The summed E-state index contributed by atoms with van der Waals surface area (Å²) in [5, 5.41) is 0. The van der Waals surface area contributed by atoms with Gasteiger partial charge >= 0.3 is 0 Å². The summed E-state index contributed by atoms with van der Waals surface area (Å²) in [7, 11) is 0. The van der Waals surface area contributed by atoms with Crippen LogP contribution >= 0.6 is 0 Å². The third-order valence-electron chi connectivity index (χ3n) is 4.03. The van der Waals surface area contributed by atoms with Crippen molar-refractivity contribution >= 4 is 5.71 Å². The minimum absolute atomic E-state index is 0.596. The Kier molecular flexibility index (Phi) is 5.94. The molecule has 0 unspecified atom stereocenters. The number of nitrogens with zero attached hydrogens (tertiary/aromatic N) is 1. The Morgan fingerprint density at radius 1 is 0.955 bits per heavy atom. The van der Waals surface area contributed by atoms with E-state index >= 15 is 0 Å². The van der Waals surface area contributed by atoms with Gasteiger partial charge in [0.15, 0.2) is 0 Å². The molecule has 22 heavy (non-hydrogen) atoms. The molecular weight excluding hydrogens is 266 g/mol. The quantitative estimate of drug-likeness (QED) is 0.618. The Bertz CT molecular complexity index is 603. The lowest BCUT2D eigenvalue weighted by Gasteiger charge is -2.09. The third-order valence-corrected chi connectivity index (χ3v) is 4.03. The third kappa shape index (κ3) is 4.56. The van der Waals surface area contributed by atoms with E-state index in [4.69, 9.17) is 4.99 Å². The lowest BCUT2D eigenvalue weighted by Crippen LogP contribution is -2.04. The van der Waals surface area contributed by atoms with Gasteiger partial charge in [-0.3, -0.25) is 4.99 Å². The number of hydrogen-bond acceptors (Lipinski definition) is 1. The van der Waals surface area contributed by atoms with Crippen molar-refractivity contribution in [3.05, 3.63) is 70.8 Å². The maximum absolute atomic E-state index is 4.70.